The Kier molecular flexibility index (Phi) is 6.98. The Morgan fingerprint density at radius 3 is 2.88 bits per heavy atom. The van der Waals surface area contributed by atoms with Crippen molar-refractivity contribution in [3.63, 3.8) is 0 Å². The van der Waals surface area contributed by atoms with Crippen LogP contribution in [0.15, 0.2) is 12.4 Å². The number of carbonyl (C=O) groups excluding carboxylic acids is 1. The summed E-state index contributed by atoms with van der Waals surface area (Å²) in [5.74, 6) is 0.352. The van der Waals surface area contributed by atoms with Gasteiger partial charge in [-0.05, 0) is 24.7 Å². The highest BCUT2D eigenvalue weighted by Crippen LogP contribution is 2.33. The van der Waals surface area contributed by atoms with Crippen LogP contribution in [-0.2, 0) is 16.6 Å². The lowest BCUT2D eigenvalue weighted by molar-refractivity contribution is -0.125. The van der Waals surface area contributed by atoms with Crippen molar-refractivity contribution >= 4 is 30.1 Å². The molecule has 136 valence electrons. The van der Waals surface area contributed by atoms with E-state index < -0.39 is 0 Å². The van der Waals surface area contributed by atoms with Gasteiger partial charge in [0.05, 0.1) is 12.1 Å². The number of amides is 1. The van der Waals surface area contributed by atoms with Crippen LogP contribution in [0.3, 0.4) is 0 Å². The molecule has 0 spiro atoms. The lowest BCUT2D eigenvalue weighted by Gasteiger charge is -2.36. The van der Waals surface area contributed by atoms with Crippen LogP contribution in [0.1, 0.15) is 24.3 Å². The van der Waals surface area contributed by atoms with Gasteiger partial charge in [0.1, 0.15) is 0 Å². The van der Waals surface area contributed by atoms with Gasteiger partial charge in [-0.15, -0.1) is 12.4 Å². The van der Waals surface area contributed by atoms with E-state index in [2.05, 4.69) is 22.0 Å². The Labute approximate surface area is 153 Å². The fourth-order valence-electron chi connectivity index (χ4n) is 3.51. The summed E-state index contributed by atoms with van der Waals surface area (Å²) in [5, 5.41) is 10.8. The quantitative estimate of drug-likeness (QED) is 0.809. The van der Waals surface area contributed by atoms with Crippen molar-refractivity contribution in [2.45, 2.75) is 23.5 Å². The molecule has 3 rings (SSSR count). The molecule has 1 aromatic rings. The Morgan fingerprint density at radius 1 is 1.50 bits per heavy atom. The second-order valence-electron chi connectivity index (χ2n) is 6.54. The summed E-state index contributed by atoms with van der Waals surface area (Å²) in [6.07, 6.45) is 8.03. The average Bonchev–Trinajstić information content (AvgIpc) is 3.22. The summed E-state index contributed by atoms with van der Waals surface area (Å²) < 4.78 is 7.39. The molecule has 0 aromatic carbocycles. The molecule has 2 fully saturated rings. The normalized spacial score (nSPS) is 25.9. The lowest BCUT2D eigenvalue weighted by Crippen LogP contribution is -2.46. The Hall–Kier alpha value is -0.760. The van der Waals surface area contributed by atoms with Crippen LogP contribution in [-0.4, -0.2) is 59.5 Å². The zero-order chi connectivity index (χ0) is 16.3. The van der Waals surface area contributed by atoms with E-state index in [1.54, 1.807) is 4.68 Å². The van der Waals surface area contributed by atoms with Gasteiger partial charge in [0, 0.05) is 56.8 Å². The maximum Gasteiger partial charge on any atom is 0.225 e. The van der Waals surface area contributed by atoms with Gasteiger partial charge in [0.25, 0.3) is 0 Å². The molecule has 24 heavy (non-hydrogen) atoms. The van der Waals surface area contributed by atoms with Crippen LogP contribution in [0.4, 0.5) is 0 Å². The molecule has 0 aliphatic carbocycles. The minimum Gasteiger partial charge on any atom is -0.381 e. The van der Waals surface area contributed by atoms with Crippen molar-refractivity contribution in [2.75, 3.05) is 39.1 Å². The smallest absolute Gasteiger partial charge is 0.225 e. The van der Waals surface area contributed by atoms with Crippen LogP contribution in [0.25, 0.3) is 0 Å². The molecule has 2 aliphatic rings. The number of thioether (sulfide) groups is 1. The molecule has 1 amide bonds. The largest absolute Gasteiger partial charge is 0.381 e. The van der Waals surface area contributed by atoms with Gasteiger partial charge in [0.2, 0.25) is 5.91 Å². The maximum atomic E-state index is 12.7. The second-order valence-corrected chi connectivity index (χ2v) is 7.81. The molecule has 8 heteroatoms. The number of aryl methyl sites for hydroxylation is 1. The third-order valence-corrected chi connectivity index (χ3v) is 6.54. The minimum absolute atomic E-state index is 0. The number of nitrogens with zero attached hydrogens (tertiary/aromatic N) is 2. The van der Waals surface area contributed by atoms with Crippen molar-refractivity contribution in [3.05, 3.63) is 18.0 Å². The maximum absolute atomic E-state index is 12.7. The van der Waals surface area contributed by atoms with Crippen molar-refractivity contribution < 1.29 is 9.53 Å². The standard InChI is InChI=1S/C16H26N4O2S.ClH/c1-20-10-12(7-19-20)13-8-17-9-14(13)15(21)18-11-16(23-2)3-5-22-6-4-16;/h7,10,13-14,17H,3-6,8-9,11H2,1-2H3,(H,18,21);1H/t13-,14+;/m1./s1. The van der Waals surface area contributed by atoms with Gasteiger partial charge in [-0.1, -0.05) is 0 Å². The number of halogens is 1. The first kappa shape index (κ1) is 19.6. The van der Waals surface area contributed by atoms with Crippen molar-refractivity contribution in [3.8, 4) is 0 Å². The average molecular weight is 375 g/mol. The van der Waals surface area contributed by atoms with Gasteiger partial charge < -0.3 is 15.4 Å². The molecule has 0 radical (unpaired) electrons. The minimum atomic E-state index is -0.0158. The van der Waals surface area contributed by atoms with Crippen molar-refractivity contribution in [1.82, 2.24) is 20.4 Å². The van der Waals surface area contributed by atoms with Crippen LogP contribution in [0.2, 0.25) is 0 Å². The third-order valence-electron chi connectivity index (χ3n) is 5.13. The summed E-state index contributed by atoms with van der Waals surface area (Å²) >= 11 is 1.85. The van der Waals surface area contributed by atoms with E-state index in [9.17, 15) is 4.79 Å². The lowest BCUT2D eigenvalue weighted by atomic mass is 9.90. The molecule has 2 aliphatic heterocycles. The Balaban J connectivity index is 0.00000208. The summed E-state index contributed by atoms with van der Waals surface area (Å²) in [6.45, 7) is 3.89. The van der Waals surface area contributed by atoms with E-state index in [1.807, 2.05) is 31.2 Å². The molecule has 0 saturated carbocycles. The van der Waals surface area contributed by atoms with Gasteiger partial charge in [-0.25, -0.2) is 0 Å². The van der Waals surface area contributed by atoms with Crippen LogP contribution < -0.4 is 10.6 Å². The molecular weight excluding hydrogens is 348 g/mol. The highest BCUT2D eigenvalue weighted by Gasteiger charge is 2.37. The second kappa shape index (κ2) is 8.56. The predicted molar refractivity (Wildman–Crippen MR) is 98.9 cm³/mol. The first-order valence-electron chi connectivity index (χ1n) is 8.23. The SMILES string of the molecule is CSC1(CNC(=O)[C@H]2CNC[C@@H]2c2cnn(C)c2)CCOCC1.Cl. The number of carbonyl (C=O) groups is 1. The number of hydrogen-bond acceptors (Lipinski definition) is 5. The van der Waals surface area contributed by atoms with Crippen molar-refractivity contribution in [1.29, 1.82) is 0 Å². The van der Waals surface area contributed by atoms with Crippen LogP contribution in [0, 0.1) is 5.92 Å². The fraction of sp³-hybridized carbons (Fsp3) is 0.750. The molecular formula is C16H27ClN4O2S. The Morgan fingerprint density at radius 2 is 2.25 bits per heavy atom. The summed E-state index contributed by atoms with van der Waals surface area (Å²) in [4.78, 5) is 12.7. The molecule has 1 aromatic heterocycles. The van der Waals surface area contributed by atoms with Gasteiger partial charge >= 0.3 is 0 Å². The zero-order valence-corrected chi connectivity index (χ0v) is 15.9. The topological polar surface area (TPSA) is 68.2 Å². The summed E-state index contributed by atoms with van der Waals surface area (Å²) in [5.41, 5.74) is 1.14. The van der Waals surface area contributed by atoms with E-state index in [0.717, 1.165) is 51.3 Å². The number of rotatable bonds is 5. The summed E-state index contributed by atoms with van der Waals surface area (Å²) in [6, 6.07) is 0. The monoisotopic (exact) mass is 374 g/mol. The van der Waals surface area contributed by atoms with E-state index in [1.165, 1.54) is 0 Å². The molecule has 0 unspecified atom stereocenters. The fourth-order valence-corrected chi connectivity index (χ4v) is 4.30. The van der Waals surface area contributed by atoms with Crippen LogP contribution >= 0.6 is 24.2 Å². The molecule has 0 bridgehead atoms. The van der Waals surface area contributed by atoms with Gasteiger partial charge in [-0.3, -0.25) is 9.48 Å². The highest BCUT2D eigenvalue weighted by atomic mass is 35.5. The molecule has 6 nitrogen and oxygen atoms in total. The summed E-state index contributed by atoms with van der Waals surface area (Å²) in [7, 11) is 1.91. The van der Waals surface area contributed by atoms with E-state index in [4.69, 9.17) is 4.74 Å². The first-order valence-corrected chi connectivity index (χ1v) is 9.46. The molecule has 2 N–H and O–H groups in total. The highest BCUT2D eigenvalue weighted by molar-refractivity contribution is 8.00. The van der Waals surface area contributed by atoms with E-state index >= 15 is 0 Å². The first-order chi connectivity index (χ1) is 11.1. The number of hydrogen-bond donors (Lipinski definition) is 2. The third kappa shape index (κ3) is 4.25. The van der Waals surface area contributed by atoms with Gasteiger partial charge in [0.15, 0.2) is 0 Å². The van der Waals surface area contributed by atoms with E-state index in [-0.39, 0.29) is 34.9 Å². The number of ether oxygens (including phenoxy) is 1. The van der Waals surface area contributed by atoms with Crippen LogP contribution in [0.5, 0.6) is 0 Å². The molecule has 3 heterocycles. The van der Waals surface area contributed by atoms with Crippen molar-refractivity contribution in [2.24, 2.45) is 13.0 Å². The number of nitrogens with one attached hydrogen (secondary N) is 2. The van der Waals surface area contributed by atoms with E-state index in [0.29, 0.717) is 0 Å². The molecule has 2 saturated heterocycles. The van der Waals surface area contributed by atoms with Gasteiger partial charge in [-0.2, -0.15) is 16.9 Å². The zero-order valence-electron chi connectivity index (χ0n) is 14.3. The molecule has 2 atom stereocenters. The Bertz CT molecular complexity index is 548. The predicted octanol–water partition coefficient (Wildman–Crippen LogP) is 1.17. The number of aromatic nitrogens is 2.